The van der Waals surface area contributed by atoms with E-state index in [2.05, 4.69) is 5.32 Å². The molecule has 76 valence electrons. The van der Waals surface area contributed by atoms with Crippen LogP contribution in [0.1, 0.15) is 18.0 Å². The number of hydrogen-bond acceptors (Lipinski definition) is 3. The highest BCUT2D eigenvalue weighted by Crippen LogP contribution is 2.34. The molecule has 2 rings (SSSR count). The van der Waals surface area contributed by atoms with Crippen LogP contribution in [0.5, 0.6) is 11.5 Å². The Morgan fingerprint density at radius 2 is 2.29 bits per heavy atom. The van der Waals surface area contributed by atoms with Crippen molar-refractivity contribution in [2.24, 2.45) is 0 Å². The molecule has 4 heteroatoms. The van der Waals surface area contributed by atoms with Crippen LogP contribution >= 0.6 is 0 Å². The van der Waals surface area contributed by atoms with E-state index in [9.17, 15) is 9.50 Å². The van der Waals surface area contributed by atoms with Gasteiger partial charge < -0.3 is 15.2 Å². The minimum Gasteiger partial charge on any atom is -0.502 e. The van der Waals surface area contributed by atoms with Crippen molar-refractivity contribution in [1.82, 2.24) is 5.32 Å². The van der Waals surface area contributed by atoms with Gasteiger partial charge in [-0.25, -0.2) is 4.39 Å². The average molecular weight is 197 g/mol. The van der Waals surface area contributed by atoms with Crippen molar-refractivity contribution in [3.63, 3.8) is 0 Å². The van der Waals surface area contributed by atoms with Crippen molar-refractivity contribution in [3.8, 4) is 11.5 Å². The van der Waals surface area contributed by atoms with Gasteiger partial charge in [0.25, 0.3) is 0 Å². The molecule has 0 aliphatic carbocycles. The van der Waals surface area contributed by atoms with Gasteiger partial charge in [0.2, 0.25) is 0 Å². The number of phenols is 1. The highest BCUT2D eigenvalue weighted by Gasteiger charge is 2.21. The van der Waals surface area contributed by atoms with Crippen LogP contribution in [-0.4, -0.2) is 18.8 Å². The lowest BCUT2D eigenvalue weighted by molar-refractivity contribution is 0.347. The van der Waals surface area contributed by atoms with Crippen molar-refractivity contribution in [2.75, 3.05) is 13.7 Å². The summed E-state index contributed by atoms with van der Waals surface area (Å²) in [7, 11) is 1.41. The van der Waals surface area contributed by atoms with Crippen LogP contribution < -0.4 is 10.1 Å². The number of benzene rings is 1. The molecular formula is C10H12FNO2. The average Bonchev–Trinajstić information content (AvgIpc) is 2.08. The SMILES string of the molecule is COc1cc([C@@H]2CCN2)cc(F)c1O. The van der Waals surface area contributed by atoms with E-state index in [-0.39, 0.29) is 11.8 Å². The predicted octanol–water partition coefficient (Wildman–Crippen LogP) is 1.57. The van der Waals surface area contributed by atoms with Gasteiger partial charge in [0.1, 0.15) is 0 Å². The maximum absolute atomic E-state index is 13.2. The first-order chi connectivity index (χ1) is 6.72. The summed E-state index contributed by atoms with van der Waals surface area (Å²) >= 11 is 0. The van der Waals surface area contributed by atoms with Crippen molar-refractivity contribution >= 4 is 0 Å². The van der Waals surface area contributed by atoms with Gasteiger partial charge in [-0.05, 0) is 30.7 Å². The van der Waals surface area contributed by atoms with Crippen molar-refractivity contribution in [2.45, 2.75) is 12.5 Å². The third-order valence-corrected chi connectivity index (χ3v) is 2.50. The fourth-order valence-electron chi connectivity index (χ4n) is 1.52. The van der Waals surface area contributed by atoms with E-state index >= 15 is 0 Å². The molecule has 0 saturated carbocycles. The Kier molecular flexibility index (Phi) is 2.29. The smallest absolute Gasteiger partial charge is 0.194 e. The molecule has 0 bridgehead atoms. The first kappa shape index (κ1) is 9.27. The summed E-state index contributed by atoms with van der Waals surface area (Å²) in [5.41, 5.74) is 0.823. The Morgan fingerprint density at radius 1 is 1.57 bits per heavy atom. The van der Waals surface area contributed by atoms with E-state index in [0.29, 0.717) is 0 Å². The predicted molar refractivity (Wildman–Crippen MR) is 50.0 cm³/mol. The minimum absolute atomic E-state index is 0.189. The molecule has 1 saturated heterocycles. The second-order valence-electron chi connectivity index (χ2n) is 3.35. The number of rotatable bonds is 2. The first-order valence-corrected chi connectivity index (χ1v) is 4.52. The Balaban J connectivity index is 2.37. The summed E-state index contributed by atoms with van der Waals surface area (Å²) in [6.45, 7) is 0.954. The fraction of sp³-hybridized carbons (Fsp3) is 0.400. The van der Waals surface area contributed by atoms with Crippen LogP contribution in [0.15, 0.2) is 12.1 Å². The van der Waals surface area contributed by atoms with Gasteiger partial charge in [0, 0.05) is 6.04 Å². The molecule has 14 heavy (non-hydrogen) atoms. The lowest BCUT2D eigenvalue weighted by Gasteiger charge is -2.28. The lowest BCUT2D eigenvalue weighted by atomic mass is 9.97. The molecule has 1 aliphatic heterocycles. The van der Waals surface area contributed by atoms with Crippen LogP contribution in [0.2, 0.25) is 0 Å². The molecule has 1 heterocycles. The van der Waals surface area contributed by atoms with E-state index in [0.717, 1.165) is 18.5 Å². The van der Waals surface area contributed by atoms with E-state index in [1.807, 2.05) is 0 Å². The van der Waals surface area contributed by atoms with Crippen molar-refractivity contribution in [1.29, 1.82) is 0 Å². The molecule has 1 atom stereocenters. The maximum Gasteiger partial charge on any atom is 0.194 e. The van der Waals surface area contributed by atoms with Crippen molar-refractivity contribution in [3.05, 3.63) is 23.5 Å². The minimum atomic E-state index is -0.631. The number of halogens is 1. The molecular weight excluding hydrogens is 185 g/mol. The Hall–Kier alpha value is -1.29. The van der Waals surface area contributed by atoms with E-state index in [1.165, 1.54) is 13.2 Å². The highest BCUT2D eigenvalue weighted by atomic mass is 19.1. The summed E-state index contributed by atoms with van der Waals surface area (Å²) in [6, 6.07) is 3.20. The summed E-state index contributed by atoms with van der Waals surface area (Å²) < 4.78 is 18.1. The Morgan fingerprint density at radius 3 is 2.79 bits per heavy atom. The van der Waals surface area contributed by atoms with Gasteiger partial charge in [-0.1, -0.05) is 0 Å². The Bertz CT molecular complexity index is 350. The lowest BCUT2D eigenvalue weighted by Crippen LogP contribution is -2.34. The number of nitrogens with one attached hydrogen (secondary N) is 1. The topological polar surface area (TPSA) is 41.5 Å². The molecule has 0 aromatic heterocycles. The van der Waals surface area contributed by atoms with Gasteiger partial charge in [-0.3, -0.25) is 0 Å². The van der Waals surface area contributed by atoms with E-state index < -0.39 is 11.6 Å². The molecule has 0 amide bonds. The normalized spacial score (nSPS) is 20.3. The maximum atomic E-state index is 13.2. The molecule has 0 spiro atoms. The fourth-order valence-corrected chi connectivity index (χ4v) is 1.52. The number of hydrogen-bond donors (Lipinski definition) is 2. The third kappa shape index (κ3) is 1.42. The van der Waals surface area contributed by atoms with Crippen molar-refractivity contribution < 1.29 is 14.2 Å². The molecule has 0 radical (unpaired) electrons. The number of ether oxygens (including phenoxy) is 1. The van der Waals surface area contributed by atoms with E-state index in [1.54, 1.807) is 6.07 Å². The third-order valence-electron chi connectivity index (χ3n) is 2.50. The van der Waals surface area contributed by atoms with Gasteiger partial charge in [0.05, 0.1) is 7.11 Å². The number of phenolic OH excluding ortho intramolecular Hbond substituents is 1. The Labute approximate surface area is 81.5 Å². The van der Waals surface area contributed by atoms with Gasteiger partial charge >= 0.3 is 0 Å². The quantitative estimate of drug-likeness (QED) is 0.756. The summed E-state index contributed by atoms with van der Waals surface area (Å²) in [5.74, 6) is -0.864. The first-order valence-electron chi connectivity index (χ1n) is 4.52. The van der Waals surface area contributed by atoms with Crippen LogP contribution in [0.4, 0.5) is 4.39 Å². The standard InChI is InChI=1S/C10H12FNO2/c1-14-9-5-6(8-2-3-12-8)4-7(11)10(9)13/h4-5,8,12-13H,2-3H2,1H3/t8-/m0/s1. The number of aromatic hydroxyl groups is 1. The number of methoxy groups -OCH3 is 1. The zero-order valence-corrected chi connectivity index (χ0v) is 7.88. The van der Waals surface area contributed by atoms with Gasteiger partial charge in [0.15, 0.2) is 17.3 Å². The zero-order chi connectivity index (χ0) is 10.1. The zero-order valence-electron chi connectivity index (χ0n) is 7.88. The second kappa shape index (κ2) is 3.46. The summed E-state index contributed by atoms with van der Waals surface area (Å²) in [6.07, 6.45) is 0.993. The summed E-state index contributed by atoms with van der Waals surface area (Å²) in [5, 5.41) is 12.4. The molecule has 3 nitrogen and oxygen atoms in total. The second-order valence-corrected chi connectivity index (χ2v) is 3.35. The summed E-state index contributed by atoms with van der Waals surface area (Å²) in [4.78, 5) is 0. The molecule has 2 N–H and O–H groups in total. The van der Waals surface area contributed by atoms with Gasteiger partial charge in [-0.2, -0.15) is 0 Å². The largest absolute Gasteiger partial charge is 0.502 e. The van der Waals surface area contributed by atoms with E-state index in [4.69, 9.17) is 4.74 Å². The van der Waals surface area contributed by atoms with Crippen LogP contribution in [0, 0.1) is 5.82 Å². The van der Waals surface area contributed by atoms with Crippen LogP contribution in [0.25, 0.3) is 0 Å². The molecule has 1 aromatic carbocycles. The molecule has 1 fully saturated rings. The molecule has 1 aliphatic rings. The monoisotopic (exact) mass is 197 g/mol. The van der Waals surface area contributed by atoms with Crippen LogP contribution in [0.3, 0.4) is 0 Å². The van der Waals surface area contributed by atoms with Crippen LogP contribution in [-0.2, 0) is 0 Å². The highest BCUT2D eigenvalue weighted by molar-refractivity contribution is 5.44. The van der Waals surface area contributed by atoms with Gasteiger partial charge in [-0.15, -0.1) is 0 Å². The molecule has 0 unspecified atom stereocenters. The molecule has 1 aromatic rings.